The molecule has 0 radical (unpaired) electrons. The number of nitrogens with two attached hydrogens (primary N) is 1. The third kappa shape index (κ3) is 5.05. The molecule has 1 aromatic heterocycles. The molecule has 3 rings (SSSR count). The summed E-state index contributed by atoms with van der Waals surface area (Å²) in [7, 11) is 0. The van der Waals surface area contributed by atoms with Crippen LogP contribution in [0.3, 0.4) is 0 Å². The van der Waals surface area contributed by atoms with Gasteiger partial charge in [0.25, 0.3) is 5.91 Å². The summed E-state index contributed by atoms with van der Waals surface area (Å²) in [6, 6.07) is 5.46. The number of carbonyl (C=O) groups excluding carboxylic acids is 3. The molecule has 1 aliphatic rings. The number of piperazine rings is 1. The van der Waals surface area contributed by atoms with Crippen LogP contribution in [0, 0.1) is 11.6 Å². The fourth-order valence-electron chi connectivity index (χ4n) is 3.27. The van der Waals surface area contributed by atoms with Gasteiger partial charge in [0, 0.05) is 18.3 Å². The number of rotatable bonds is 7. The number of anilines is 1. The number of carbonyl (C=O) groups is 3. The second-order valence-corrected chi connectivity index (χ2v) is 7.49. The summed E-state index contributed by atoms with van der Waals surface area (Å²) < 4.78 is 27.6. The minimum Gasteiger partial charge on any atom is -0.366 e. The quantitative estimate of drug-likeness (QED) is 0.658. The largest absolute Gasteiger partial charge is 0.366 e. The lowest BCUT2D eigenvalue weighted by atomic mass is 10.00. The Balaban J connectivity index is 1.91. The number of pyridine rings is 1. The molecule has 7 nitrogen and oxygen atoms in total. The molecule has 2 aromatic rings. The molecule has 0 aliphatic carbocycles. The molecule has 2 N–H and O–H groups in total. The zero-order chi connectivity index (χ0) is 22.7. The van der Waals surface area contributed by atoms with Gasteiger partial charge in [0.1, 0.15) is 18.4 Å². The Bertz CT molecular complexity index is 1050. The summed E-state index contributed by atoms with van der Waals surface area (Å²) in [5.41, 5.74) is 5.91. The lowest BCUT2D eigenvalue weighted by Crippen LogP contribution is -2.60. The highest BCUT2D eigenvalue weighted by atomic mass is 35.5. The van der Waals surface area contributed by atoms with Crippen LogP contribution in [0.25, 0.3) is 0 Å². The van der Waals surface area contributed by atoms with Gasteiger partial charge in [0.15, 0.2) is 11.6 Å². The van der Waals surface area contributed by atoms with Crippen LogP contribution >= 0.6 is 11.6 Å². The van der Waals surface area contributed by atoms with E-state index in [9.17, 15) is 23.2 Å². The summed E-state index contributed by atoms with van der Waals surface area (Å²) in [5.74, 6) is -3.36. The molecular weight excluding hydrogens is 430 g/mol. The molecule has 3 amide bonds. The molecule has 10 heteroatoms. The molecular formula is C21H19ClF2N4O3. The zero-order valence-electron chi connectivity index (χ0n) is 16.4. The van der Waals surface area contributed by atoms with Gasteiger partial charge in [0.2, 0.25) is 11.8 Å². The van der Waals surface area contributed by atoms with Crippen molar-refractivity contribution in [2.75, 3.05) is 11.4 Å². The van der Waals surface area contributed by atoms with E-state index < -0.39 is 41.9 Å². The van der Waals surface area contributed by atoms with Crippen LogP contribution in [0.5, 0.6) is 0 Å². The maximum atomic E-state index is 14.4. The molecule has 2 heterocycles. The highest BCUT2D eigenvalue weighted by Crippen LogP contribution is 2.27. The second-order valence-electron chi connectivity index (χ2n) is 7.05. The summed E-state index contributed by atoms with van der Waals surface area (Å²) >= 11 is 5.73. The van der Waals surface area contributed by atoms with Crippen molar-refractivity contribution in [3.63, 3.8) is 0 Å². The number of benzene rings is 1. The van der Waals surface area contributed by atoms with Gasteiger partial charge in [-0.25, -0.2) is 13.8 Å². The Labute approximate surface area is 182 Å². The number of hydrogen-bond acceptors (Lipinski definition) is 4. The molecule has 1 aliphatic heterocycles. The van der Waals surface area contributed by atoms with E-state index in [1.165, 1.54) is 35.4 Å². The van der Waals surface area contributed by atoms with Gasteiger partial charge in [-0.2, -0.15) is 0 Å². The number of amides is 3. The van der Waals surface area contributed by atoms with Crippen molar-refractivity contribution in [2.24, 2.45) is 5.73 Å². The van der Waals surface area contributed by atoms with Crippen molar-refractivity contribution in [3.8, 4) is 0 Å². The third-order valence-electron chi connectivity index (χ3n) is 4.92. The second kappa shape index (κ2) is 9.22. The number of hydrogen-bond donors (Lipinski definition) is 1. The maximum absolute atomic E-state index is 14.4. The zero-order valence-corrected chi connectivity index (χ0v) is 17.1. The van der Waals surface area contributed by atoms with Crippen molar-refractivity contribution in [1.82, 2.24) is 9.88 Å². The number of primary amides is 1. The Hall–Kier alpha value is -3.33. The van der Waals surface area contributed by atoms with E-state index in [4.69, 9.17) is 17.3 Å². The van der Waals surface area contributed by atoms with Crippen LogP contribution in [0.4, 0.5) is 14.6 Å². The van der Waals surface area contributed by atoms with Crippen molar-refractivity contribution in [3.05, 3.63) is 70.9 Å². The van der Waals surface area contributed by atoms with Gasteiger partial charge >= 0.3 is 0 Å². The van der Waals surface area contributed by atoms with Crippen LogP contribution in [0.1, 0.15) is 18.4 Å². The summed E-state index contributed by atoms with van der Waals surface area (Å²) in [5, 5.41) is 0.0456. The molecule has 0 saturated carbocycles. The van der Waals surface area contributed by atoms with Gasteiger partial charge in [-0.1, -0.05) is 30.3 Å². The molecule has 1 aromatic carbocycles. The standard InChI is InChI=1S/C21H19ClF2N4O3/c1-12(19(25)30)2-7-17-21(31)28(20-16(24)8-14(22)9-26-20)11-18(29)27(17)10-13-3-5-15(23)6-4-13/h3-6,8-9,17H,1-2,7,10-11H2,(H2,25,30)/t17-/m0/s1. The molecule has 1 fully saturated rings. The normalized spacial score (nSPS) is 16.5. The third-order valence-corrected chi connectivity index (χ3v) is 5.13. The van der Waals surface area contributed by atoms with E-state index in [1.807, 2.05) is 0 Å². The van der Waals surface area contributed by atoms with Gasteiger partial charge in [-0.15, -0.1) is 0 Å². The molecule has 1 saturated heterocycles. The summed E-state index contributed by atoms with van der Waals surface area (Å²) in [6.07, 6.45) is 1.27. The fourth-order valence-corrected chi connectivity index (χ4v) is 3.42. The fraction of sp³-hybridized carbons (Fsp3) is 0.238. The molecule has 0 spiro atoms. The maximum Gasteiger partial charge on any atom is 0.251 e. The van der Waals surface area contributed by atoms with Crippen molar-refractivity contribution >= 4 is 35.1 Å². The first kappa shape index (κ1) is 22.4. The van der Waals surface area contributed by atoms with Gasteiger partial charge in [-0.05, 0) is 36.6 Å². The van der Waals surface area contributed by atoms with Crippen LogP contribution in [-0.4, -0.2) is 40.2 Å². The number of halogens is 3. The minimum absolute atomic E-state index is 0.0307. The minimum atomic E-state index is -1.03. The summed E-state index contributed by atoms with van der Waals surface area (Å²) in [6.45, 7) is 3.17. The van der Waals surface area contributed by atoms with E-state index in [0.717, 1.165) is 11.0 Å². The van der Waals surface area contributed by atoms with Crippen molar-refractivity contribution < 1.29 is 23.2 Å². The molecule has 0 bridgehead atoms. The van der Waals surface area contributed by atoms with E-state index in [0.29, 0.717) is 5.56 Å². The van der Waals surface area contributed by atoms with Gasteiger partial charge in [-0.3, -0.25) is 19.3 Å². The SMILES string of the molecule is C=C(CC[C@H]1C(=O)N(c2ncc(Cl)cc2F)CC(=O)N1Cc1ccc(F)cc1)C(N)=O. The van der Waals surface area contributed by atoms with E-state index in [1.54, 1.807) is 0 Å². The van der Waals surface area contributed by atoms with Crippen LogP contribution in [0.15, 0.2) is 48.7 Å². The van der Waals surface area contributed by atoms with Crippen LogP contribution in [-0.2, 0) is 20.9 Å². The van der Waals surface area contributed by atoms with Crippen LogP contribution < -0.4 is 10.6 Å². The first-order chi connectivity index (χ1) is 14.7. The first-order valence-corrected chi connectivity index (χ1v) is 9.69. The lowest BCUT2D eigenvalue weighted by molar-refractivity contribution is -0.144. The predicted molar refractivity (Wildman–Crippen MR) is 110 cm³/mol. The highest BCUT2D eigenvalue weighted by Gasteiger charge is 2.41. The Morgan fingerprint density at radius 1 is 1.26 bits per heavy atom. The smallest absolute Gasteiger partial charge is 0.251 e. The Kier molecular flexibility index (Phi) is 6.65. The molecule has 162 valence electrons. The van der Waals surface area contributed by atoms with Gasteiger partial charge < -0.3 is 10.6 Å². The Morgan fingerprint density at radius 3 is 2.55 bits per heavy atom. The molecule has 31 heavy (non-hydrogen) atoms. The first-order valence-electron chi connectivity index (χ1n) is 9.31. The van der Waals surface area contributed by atoms with E-state index >= 15 is 0 Å². The number of aromatic nitrogens is 1. The lowest BCUT2D eigenvalue weighted by Gasteiger charge is -2.40. The average Bonchev–Trinajstić information content (AvgIpc) is 2.71. The van der Waals surface area contributed by atoms with Crippen LogP contribution in [0.2, 0.25) is 5.02 Å². The van der Waals surface area contributed by atoms with Gasteiger partial charge in [0.05, 0.1) is 5.02 Å². The number of nitrogens with zero attached hydrogens (tertiary/aromatic N) is 3. The van der Waals surface area contributed by atoms with Crippen molar-refractivity contribution in [1.29, 1.82) is 0 Å². The predicted octanol–water partition coefficient (Wildman–Crippen LogP) is 2.58. The molecule has 0 unspecified atom stereocenters. The summed E-state index contributed by atoms with van der Waals surface area (Å²) in [4.78, 5) is 43.6. The van der Waals surface area contributed by atoms with E-state index in [-0.39, 0.29) is 35.8 Å². The van der Waals surface area contributed by atoms with Crippen molar-refractivity contribution in [2.45, 2.75) is 25.4 Å². The Morgan fingerprint density at radius 2 is 1.94 bits per heavy atom. The monoisotopic (exact) mass is 448 g/mol. The molecule has 1 atom stereocenters. The topological polar surface area (TPSA) is 96.6 Å². The van der Waals surface area contributed by atoms with E-state index in [2.05, 4.69) is 11.6 Å². The average molecular weight is 449 g/mol. The highest BCUT2D eigenvalue weighted by molar-refractivity contribution is 6.30.